The van der Waals surface area contributed by atoms with E-state index < -0.39 is 11.9 Å². The van der Waals surface area contributed by atoms with Crippen molar-refractivity contribution >= 4 is 39.4 Å². The van der Waals surface area contributed by atoms with Crippen molar-refractivity contribution in [2.45, 2.75) is 0 Å². The van der Waals surface area contributed by atoms with Gasteiger partial charge in [-0.1, -0.05) is 36.4 Å². The minimum absolute atomic E-state index is 0.496. The molecule has 0 saturated carbocycles. The number of carbonyl (C=O) groups is 2. The van der Waals surface area contributed by atoms with Crippen molar-refractivity contribution in [3.63, 3.8) is 0 Å². The molecule has 2 N–H and O–H groups in total. The van der Waals surface area contributed by atoms with Crippen molar-refractivity contribution in [2.75, 3.05) is 5.32 Å². The molecule has 0 saturated heterocycles. The first-order valence-corrected chi connectivity index (χ1v) is 6.64. The van der Waals surface area contributed by atoms with Gasteiger partial charge in [-0.3, -0.25) is 4.79 Å². The number of nitrogens with zero attached hydrogens (tertiary/aromatic N) is 1. The minimum atomic E-state index is -1.17. The number of rotatable bonds is 3. The van der Waals surface area contributed by atoms with Crippen LogP contribution >= 0.6 is 0 Å². The average Bonchev–Trinajstić information content (AvgIpc) is 2.52. The largest absolute Gasteiger partial charge is 0.478 e. The second kappa shape index (κ2) is 5.65. The Bertz CT molecular complexity index is 862. The lowest BCUT2D eigenvalue weighted by Crippen LogP contribution is -2.10. The monoisotopic (exact) mass is 292 g/mol. The second-order valence-corrected chi connectivity index (χ2v) is 4.68. The van der Waals surface area contributed by atoms with Gasteiger partial charge >= 0.3 is 5.97 Å². The summed E-state index contributed by atoms with van der Waals surface area (Å²) < 4.78 is 0. The van der Waals surface area contributed by atoms with Crippen LogP contribution in [-0.2, 0) is 9.59 Å². The highest BCUT2D eigenvalue weighted by Crippen LogP contribution is 2.30. The van der Waals surface area contributed by atoms with Crippen LogP contribution in [0.3, 0.4) is 0 Å². The van der Waals surface area contributed by atoms with Crippen LogP contribution in [0.5, 0.6) is 0 Å². The quantitative estimate of drug-likeness (QED) is 0.574. The number of carboxylic acids is 1. The normalized spacial score (nSPS) is 11.1. The zero-order chi connectivity index (χ0) is 15.5. The van der Waals surface area contributed by atoms with Crippen LogP contribution in [0.25, 0.3) is 21.8 Å². The summed E-state index contributed by atoms with van der Waals surface area (Å²) in [5.74, 6) is -1.66. The van der Waals surface area contributed by atoms with Gasteiger partial charge in [-0.25, -0.2) is 9.78 Å². The fraction of sp³-hybridized carbons (Fsp3) is 0. The smallest absolute Gasteiger partial charge is 0.328 e. The lowest BCUT2D eigenvalue weighted by molar-refractivity contribution is -0.131. The topological polar surface area (TPSA) is 79.3 Å². The van der Waals surface area contributed by atoms with Gasteiger partial charge in [0.05, 0.1) is 16.7 Å². The van der Waals surface area contributed by atoms with Crippen LogP contribution in [0.1, 0.15) is 0 Å². The van der Waals surface area contributed by atoms with Gasteiger partial charge in [-0.05, 0) is 12.1 Å². The lowest BCUT2D eigenvalue weighted by atomic mass is 10.1. The summed E-state index contributed by atoms with van der Waals surface area (Å²) >= 11 is 0. The predicted molar refractivity (Wildman–Crippen MR) is 84.7 cm³/mol. The highest BCUT2D eigenvalue weighted by atomic mass is 16.4. The molecule has 0 aliphatic rings. The predicted octanol–water partition coefficient (Wildman–Crippen LogP) is 2.97. The number of aromatic nitrogens is 1. The molecule has 0 radical (unpaired) electrons. The number of carboxylic acid groups (broad SMARTS) is 1. The van der Waals surface area contributed by atoms with Gasteiger partial charge in [0, 0.05) is 22.9 Å². The summed E-state index contributed by atoms with van der Waals surface area (Å²) in [6.07, 6.45) is 1.80. The Labute approximate surface area is 125 Å². The van der Waals surface area contributed by atoms with Gasteiger partial charge in [-0.2, -0.15) is 0 Å². The summed E-state index contributed by atoms with van der Waals surface area (Å²) in [6, 6.07) is 14.9. The van der Waals surface area contributed by atoms with Gasteiger partial charge in [0.15, 0.2) is 0 Å². The van der Waals surface area contributed by atoms with Gasteiger partial charge in [0.25, 0.3) is 0 Å². The molecule has 0 spiro atoms. The number of hydrogen-bond donors (Lipinski definition) is 2. The Morgan fingerprint density at radius 3 is 2.00 bits per heavy atom. The number of amides is 1. The second-order valence-electron chi connectivity index (χ2n) is 4.68. The molecule has 0 atom stereocenters. The van der Waals surface area contributed by atoms with E-state index in [1.807, 2.05) is 48.5 Å². The Morgan fingerprint density at radius 1 is 0.909 bits per heavy atom. The molecule has 5 nitrogen and oxygen atoms in total. The van der Waals surface area contributed by atoms with Crippen molar-refractivity contribution in [3.05, 3.63) is 60.7 Å². The van der Waals surface area contributed by atoms with Crippen molar-refractivity contribution in [1.29, 1.82) is 0 Å². The first-order chi connectivity index (χ1) is 10.6. The van der Waals surface area contributed by atoms with Crippen LogP contribution in [0.4, 0.5) is 5.69 Å². The molecule has 0 aliphatic carbocycles. The molecule has 5 heteroatoms. The van der Waals surface area contributed by atoms with E-state index in [0.717, 1.165) is 34.0 Å². The molecule has 1 heterocycles. The maximum atomic E-state index is 11.9. The molecule has 0 aliphatic heterocycles. The number of pyridine rings is 1. The van der Waals surface area contributed by atoms with Crippen LogP contribution < -0.4 is 5.32 Å². The van der Waals surface area contributed by atoms with E-state index in [4.69, 9.17) is 5.11 Å². The Balaban J connectivity index is 2.16. The minimum Gasteiger partial charge on any atom is -0.478 e. The molecule has 2 aromatic carbocycles. The van der Waals surface area contributed by atoms with Gasteiger partial charge in [-0.15, -0.1) is 0 Å². The summed E-state index contributed by atoms with van der Waals surface area (Å²) in [4.78, 5) is 27.0. The van der Waals surface area contributed by atoms with E-state index in [2.05, 4.69) is 10.3 Å². The third kappa shape index (κ3) is 2.64. The standard InChI is InChI=1S/C17H12N2O3/c20-15(9-10-16(21)22)19-17-11-5-1-3-7-13(11)18-14-8-4-2-6-12(14)17/h1-10H,(H,21,22)(H,18,19,20)/b10-9-. The van der Waals surface area contributed by atoms with Gasteiger partial charge < -0.3 is 10.4 Å². The fourth-order valence-electron chi connectivity index (χ4n) is 2.29. The Kier molecular flexibility index (Phi) is 3.53. The van der Waals surface area contributed by atoms with E-state index in [9.17, 15) is 9.59 Å². The summed E-state index contributed by atoms with van der Waals surface area (Å²) in [5.41, 5.74) is 2.15. The third-order valence-corrected chi connectivity index (χ3v) is 3.21. The maximum Gasteiger partial charge on any atom is 0.328 e. The van der Waals surface area contributed by atoms with Gasteiger partial charge in [0.1, 0.15) is 0 Å². The molecule has 3 rings (SSSR count). The van der Waals surface area contributed by atoms with Crippen LogP contribution in [0.2, 0.25) is 0 Å². The van der Waals surface area contributed by atoms with Crippen LogP contribution in [0, 0.1) is 0 Å². The van der Waals surface area contributed by atoms with E-state index in [0.29, 0.717) is 5.69 Å². The highest BCUT2D eigenvalue weighted by Gasteiger charge is 2.10. The van der Waals surface area contributed by atoms with Crippen LogP contribution in [-0.4, -0.2) is 22.0 Å². The molecular formula is C17H12N2O3. The zero-order valence-electron chi connectivity index (χ0n) is 11.5. The molecule has 3 aromatic rings. The Hall–Kier alpha value is -3.21. The SMILES string of the molecule is O=C(O)/C=C\C(=O)Nc1c2ccccc2nc2ccccc12. The first kappa shape index (κ1) is 13.8. The number of aliphatic carboxylic acids is 1. The van der Waals surface area contributed by atoms with E-state index in [-0.39, 0.29) is 0 Å². The molecule has 0 fully saturated rings. The number of nitrogens with one attached hydrogen (secondary N) is 1. The molecule has 0 bridgehead atoms. The number of carbonyl (C=O) groups excluding carboxylic acids is 1. The lowest BCUT2D eigenvalue weighted by Gasteiger charge is -2.10. The molecule has 0 unspecified atom stereocenters. The number of benzene rings is 2. The molecule has 22 heavy (non-hydrogen) atoms. The van der Waals surface area contributed by atoms with E-state index in [1.165, 1.54) is 0 Å². The van der Waals surface area contributed by atoms with Crippen molar-refractivity contribution in [2.24, 2.45) is 0 Å². The molecule has 1 amide bonds. The molecule has 1 aromatic heterocycles. The fourth-order valence-corrected chi connectivity index (χ4v) is 2.29. The maximum absolute atomic E-state index is 11.9. The summed E-state index contributed by atoms with van der Waals surface area (Å²) in [6.45, 7) is 0. The number of hydrogen-bond acceptors (Lipinski definition) is 3. The zero-order valence-corrected chi connectivity index (χ0v) is 11.5. The van der Waals surface area contributed by atoms with E-state index >= 15 is 0 Å². The van der Waals surface area contributed by atoms with Crippen LogP contribution in [0.15, 0.2) is 60.7 Å². The first-order valence-electron chi connectivity index (χ1n) is 6.64. The Morgan fingerprint density at radius 2 is 1.45 bits per heavy atom. The number of anilines is 1. The molecule has 108 valence electrons. The van der Waals surface area contributed by atoms with Crippen molar-refractivity contribution < 1.29 is 14.7 Å². The van der Waals surface area contributed by atoms with Gasteiger partial charge in [0.2, 0.25) is 5.91 Å². The number of para-hydroxylation sites is 2. The van der Waals surface area contributed by atoms with Crippen molar-refractivity contribution in [3.8, 4) is 0 Å². The summed E-state index contributed by atoms with van der Waals surface area (Å²) in [5, 5.41) is 13.0. The average molecular weight is 292 g/mol. The molecular weight excluding hydrogens is 280 g/mol. The highest BCUT2D eigenvalue weighted by molar-refractivity contribution is 6.15. The van der Waals surface area contributed by atoms with E-state index in [1.54, 1.807) is 0 Å². The third-order valence-electron chi connectivity index (χ3n) is 3.21. The summed E-state index contributed by atoms with van der Waals surface area (Å²) in [7, 11) is 0. The number of fused-ring (bicyclic) bond motifs is 2. The van der Waals surface area contributed by atoms with Crippen molar-refractivity contribution in [1.82, 2.24) is 4.98 Å².